The van der Waals surface area contributed by atoms with Crippen LogP contribution in [0.25, 0.3) is 10.7 Å². The summed E-state index contributed by atoms with van der Waals surface area (Å²) in [7, 11) is 0. The lowest BCUT2D eigenvalue weighted by atomic mass is 10.3. The van der Waals surface area contributed by atoms with Gasteiger partial charge in [0.15, 0.2) is 10.6 Å². The minimum atomic E-state index is -0.137. The first-order valence-electron chi connectivity index (χ1n) is 7.37. The van der Waals surface area contributed by atoms with Gasteiger partial charge in [-0.15, -0.1) is 11.3 Å². The van der Waals surface area contributed by atoms with Gasteiger partial charge in [-0.25, -0.2) is 0 Å². The zero-order valence-corrected chi connectivity index (χ0v) is 14.4. The van der Waals surface area contributed by atoms with Gasteiger partial charge in [-0.3, -0.25) is 14.5 Å². The molecule has 0 fully saturated rings. The number of aromatic nitrogens is 3. The number of nitrogens with zero attached hydrogens (tertiary/aromatic N) is 2. The third kappa shape index (κ3) is 4.09. The molecule has 1 amide bonds. The Morgan fingerprint density at radius 2 is 2.12 bits per heavy atom. The van der Waals surface area contributed by atoms with Crippen LogP contribution in [-0.2, 0) is 11.3 Å². The Balaban J connectivity index is 1.52. The van der Waals surface area contributed by atoms with E-state index in [-0.39, 0.29) is 12.5 Å². The number of hydrogen-bond donors (Lipinski definition) is 2. The lowest BCUT2D eigenvalue weighted by molar-refractivity contribution is -0.121. The van der Waals surface area contributed by atoms with Gasteiger partial charge < -0.3 is 10.1 Å². The number of carbonyl (C=O) groups is 1. The number of benzene rings is 1. The van der Waals surface area contributed by atoms with E-state index in [4.69, 9.17) is 17.0 Å². The van der Waals surface area contributed by atoms with Crippen molar-refractivity contribution in [2.75, 3.05) is 13.2 Å². The Hall–Kier alpha value is -2.45. The largest absolute Gasteiger partial charge is 0.492 e. The van der Waals surface area contributed by atoms with Gasteiger partial charge in [-0.1, -0.05) is 24.3 Å². The maximum atomic E-state index is 12.1. The van der Waals surface area contributed by atoms with Crippen molar-refractivity contribution in [3.63, 3.8) is 0 Å². The second kappa shape index (κ2) is 7.89. The third-order valence-electron chi connectivity index (χ3n) is 3.24. The summed E-state index contributed by atoms with van der Waals surface area (Å²) in [6, 6.07) is 13.4. The molecule has 124 valence electrons. The molecule has 0 aliphatic carbocycles. The first kappa shape index (κ1) is 16.4. The highest BCUT2D eigenvalue weighted by Gasteiger charge is 2.12. The van der Waals surface area contributed by atoms with Crippen LogP contribution >= 0.6 is 23.6 Å². The Labute approximate surface area is 148 Å². The van der Waals surface area contributed by atoms with E-state index in [0.717, 1.165) is 10.6 Å². The molecule has 0 unspecified atom stereocenters. The molecule has 6 nitrogen and oxygen atoms in total. The summed E-state index contributed by atoms with van der Waals surface area (Å²) in [6.45, 7) is 0.950. The van der Waals surface area contributed by atoms with Gasteiger partial charge in [-0.2, -0.15) is 5.10 Å². The number of thiophene rings is 1. The van der Waals surface area contributed by atoms with Crippen molar-refractivity contribution in [2.45, 2.75) is 6.54 Å². The molecule has 0 spiro atoms. The maximum absolute atomic E-state index is 12.1. The number of aromatic amines is 1. The maximum Gasteiger partial charge on any atom is 0.240 e. The van der Waals surface area contributed by atoms with Crippen LogP contribution < -0.4 is 10.1 Å². The van der Waals surface area contributed by atoms with Crippen LogP contribution in [0.2, 0.25) is 0 Å². The Morgan fingerprint density at radius 3 is 2.88 bits per heavy atom. The number of carbonyl (C=O) groups excluding carboxylic acids is 1. The molecular formula is C16H16N4O2S2. The number of ether oxygens (including phenoxy) is 1. The molecular weight excluding hydrogens is 344 g/mol. The molecule has 0 saturated heterocycles. The van der Waals surface area contributed by atoms with E-state index in [0.29, 0.717) is 23.7 Å². The molecule has 0 aliphatic rings. The van der Waals surface area contributed by atoms with Crippen molar-refractivity contribution in [1.82, 2.24) is 20.1 Å². The van der Waals surface area contributed by atoms with E-state index in [1.165, 1.54) is 0 Å². The van der Waals surface area contributed by atoms with Crippen LogP contribution in [0.4, 0.5) is 0 Å². The normalized spacial score (nSPS) is 10.5. The molecule has 2 aromatic heterocycles. The van der Waals surface area contributed by atoms with Gasteiger partial charge in [0, 0.05) is 0 Å². The standard InChI is InChI=1S/C16H16N4O2S2/c21-14(17-8-9-22-12-5-2-1-3-6-12)11-20-15(18-19-16(20)23)13-7-4-10-24-13/h1-7,10H,8-9,11H2,(H,17,21)(H,19,23). The van der Waals surface area contributed by atoms with Crippen LogP contribution in [0.3, 0.4) is 0 Å². The van der Waals surface area contributed by atoms with Crippen LogP contribution in [0.5, 0.6) is 5.75 Å². The van der Waals surface area contributed by atoms with E-state index in [9.17, 15) is 4.79 Å². The Kier molecular flexibility index (Phi) is 5.39. The number of amides is 1. The van der Waals surface area contributed by atoms with Crippen molar-refractivity contribution in [3.8, 4) is 16.5 Å². The summed E-state index contributed by atoms with van der Waals surface area (Å²) in [4.78, 5) is 13.1. The predicted molar refractivity (Wildman–Crippen MR) is 95.7 cm³/mol. The van der Waals surface area contributed by atoms with Crippen LogP contribution in [0.1, 0.15) is 0 Å². The zero-order chi connectivity index (χ0) is 16.8. The van der Waals surface area contributed by atoms with Gasteiger partial charge >= 0.3 is 0 Å². The summed E-state index contributed by atoms with van der Waals surface area (Å²) in [5.74, 6) is 1.32. The molecule has 2 heterocycles. The first-order valence-corrected chi connectivity index (χ1v) is 8.66. The predicted octanol–water partition coefficient (Wildman–Crippen LogP) is 2.86. The van der Waals surface area contributed by atoms with Crippen molar-refractivity contribution >= 4 is 29.5 Å². The molecule has 24 heavy (non-hydrogen) atoms. The van der Waals surface area contributed by atoms with Crippen LogP contribution in [0.15, 0.2) is 47.8 Å². The van der Waals surface area contributed by atoms with E-state index in [2.05, 4.69) is 15.5 Å². The molecule has 2 N–H and O–H groups in total. The fraction of sp³-hybridized carbons (Fsp3) is 0.188. The highest BCUT2D eigenvalue weighted by Crippen LogP contribution is 2.22. The summed E-state index contributed by atoms with van der Waals surface area (Å²) in [5.41, 5.74) is 0. The molecule has 0 saturated carbocycles. The summed E-state index contributed by atoms with van der Waals surface area (Å²) < 4.78 is 7.65. The molecule has 1 aromatic carbocycles. The molecule has 3 aromatic rings. The second-order valence-electron chi connectivity index (χ2n) is 4.93. The van der Waals surface area contributed by atoms with E-state index in [1.807, 2.05) is 47.8 Å². The fourth-order valence-corrected chi connectivity index (χ4v) is 3.05. The molecule has 0 bridgehead atoms. The van der Waals surface area contributed by atoms with Crippen LogP contribution in [0, 0.1) is 4.77 Å². The Morgan fingerprint density at radius 1 is 1.29 bits per heavy atom. The van der Waals surface area contributed by atoms with E-state index < -0.39 is 0 Å². The van der Waals surface area contributed by atoms with E-state index >= 15 is 0 Å². The second-order valence-corrected chi connectivity index (χ2v) is 6.26. The third-order valence-corrected chi connectivity index (χ3v) is 4.42. The average molecular weight is 360 g/mol. The van der Waals surface area contributed by atoms with E-state index in [1.54, 1.807) is 15.9 Å². The minimum absolute atomic E-state index is 0.119. The summed E-state index contributed by atoms with van der Waals surface area (Å²) >= 11 is 6.76. The molecule has 0 aliphatic heterocycles. The van der Waals surface area contributed by atoms with Gasteiger partial charge in [-0.05, 0) is 35.8 Å². The van der Waals surface area contributed by atoms with Crippen molar-refractivity contribution in [3.05, 3.63) is 52.6 Å². The average Bonchev–Trinajstić information content (AvgIpc) is 3.23. The van der Waals surface area contributed by atoms with Crippen molar-refractivity contribution < 1.29 is 9.53 Å². The lowest BCUT2D eigenvalue weighted by Crippen LogP contribution is -2.31. The van der Waals surface area contributed by atoms with Gasteiger partial charge in [0.1, 0.15) is 18.9 Å². The topological polar surface area (TPSA) is 71.9 Å². The first-order chi connectivity index (χ1) is 11.7. The number of nitrogens with one attached hydrogen (secondary N) is 2. The van der Waals surface area contributed by atoms with Gasteiger partial charge in [0.25, 0.3) is 0 Å². The number of hydrogen-bond acceptors (Lipinski definition) is 5. The Bertz CT molecular complexity index is 841. The summed E-state index contributed by atoms with van der Waals surface area (Å²) in [6.07, 6.45) is 0. The molecule has 8 heteroatoms. The highest BCUT2D eigenvalue weighted by atomic mass is 32.1. The molecule has 0 radical (unpaired) electrons. The monoisotopic (exact) mass is 360 g/mol. The quantitative estimate of drug-likeness (QED) is 0.502. The molecule has 0 atom stereocenters. The van der Waals surface area contributed by atoms with Crippen LogP contribution in [-0.4, -0.2) is 33.8 Å². The number of H-pyrrole nitrogens is 1. The van der Waals surface area contributed by atoms with Crippen molar-refractivity contribution in [1.29, 1.82) is 0 Å². The molecule has 3 rings (SSSR count). The van der Waals surface area contributed by atoms with Gasteiger partial charge in [0.05, 0.1) is 11.4 Å². The minimum Gasteiger partial charge on any atom is -0.492 e. The van der Waals surface area contributed by atoms with Crippen molar-refractivity contribution in [2.24, 2.45) is 0 Å². The summed E-state index contributed by atoms with van der Waals surface area (Å²) in [5, 5.41) is 11.7. The number of rotatable bonds is 7. The zero-order valence-electron chi connectivity index (χ0n) is 12.8. The fourth-order valence-electron chi connectivity index (χ4n) is 2.13. The SMILES string of the molecule is O=C(Cn1c(-c2cccs2)n[nH]c1=S)NCCOc1ccccc1. The smallest absolute Gasteiger partial charge is 0.240 e. The number of para-hydroxylation sites is 1. The van der Waals surface area contributed by atoms with Gasteiger partial charge in [0.2, 0.25) is 5.91 Å². The lowest BCUT2D eigenvalue weighted by Gasteiger charge is -2.09. The highest BCUT2D eigenvalue weighted by molar-refractivity contribution is 7.71.